The summed E-state index contributed by atoms with van der Waals surface area (Å²) < 4.78 is 0. The Hall–Kier alpha value is -0.830. The second kappa shape index (κ2) is 1.84. The largest absolute Gasteiger partial charge is 0.357 e. The fourth-order valence-corrected chi connectivity index (χ4v) is 1.58. The maximum Gasteiger partial charge on any atom is 0.108 e. The standard InChI is InChI=1S/C6H6N2S/c1-2-9-6-5(1)3-7-4-8-6/h1-3,8H,4H2. The molecule has 1 N–H and O–H groups in total. The number of aliphatic imine (C=N–C) groups is 1. The van der Waals surface area contributed by atoms with E-state index < -0.39 is 0 Å². The number of rotatable bonds is 0. The van der Waals surface area contributed by atoms with Gasteiger partial charge in [-0.3, -0.25) is 4.99 Å². The Morgan fingerprint density at radius 3 is 3.56 bits per heavy atom. The van der Waals surface area contributed by atoms with Gasteiger partial charge in [-0.05, 0) is 11.4 Å². The van der Waals surface area contributed by atoms with Gasteiger partial charge in [-0.15, -0.1) is 11.3 Å². The van der Waals surface area contributed by atoms with E-state index in [1.807, 2.05) is 6.21 Å². The van der Waals surface area contributed by atoms with Gasteiger partial charge in [-0.2, -0.15) is 0 Å². The van der Waals surface area contributed by atoms with E-state index in [0.29, 0.717) is 0 Å². The summed E-state index contributed by atoms with van der Waals surface area (Å²) in [7, 11) is 0. The number of nitrogens with one attached hydrogen (secondary N) is 1. The summed E-state index contributed by atoms with van der Waals surface area (Å²) in [5.41, 5.74) is 1.21. The number of nitrogens with zero attached hydrogens (tertiary/aromatic N) is 1. The summed E-state index contributed by atoms with van der Waals surface area (Å²) in [6.07, 6.45) is 1.91. The van der Waals surface area contributed by atoms with E-state index in [1.165, 1.54) is 10.6 Å². The SMILES string of the molecule is C1=NCNc2sccc21. The smallest absolute Gasteiger partial charge is 0.108 e. The van der Waals surface area contributed by atoms with Crippen LogP contribution in [-0.2, 0) is 0 Å². The highest BCUT2D eigenvalue weighted by Gasteiger charge is 2.02. The van der Waals surface area contributed by atoms with E-state index in [4.69, 9.17) is 0 Å². The summed E-state index contributed by atoms with van der Waals surface area (Å²) in [5, 5.41) is 6.47. The van der Waals surface area contributed by atoms with Crippen molar-refractivity contribution >= 4 is 22.6 Å². The Kier molecular flexibility index (Phi) is 1.02. The van der Waals surface area contributed by atoms with Gasteiger partial charge in [0.05, 0.1) is 5.00 Å². The molecular weight excluding hydrogens is 132 g/mol. The Balaban J connectivity index is 2.53. The number of hydrogen-bond donors (Lipinski definition) is 1. The Morgan fingerprint density at radius 1 is 1.67 bits per heavy atom. The minimum Gasteiger partial charge on any atom is -0.357 e. The minimum atomic E-state index is 0.730. The van der Waals surface area contributed by atoms with Crippen molar-refractivity contribution in [3.63, 3.8) is 0 Å². The lowest BCUT2D eigenvalue weighted by atomic mass is 10.3. The first-order valence-corrected chi connectivity index (χ1v) is 3.66. The van der Waals surface area contributed by atoms with Gasteiger partial charge in [-0.1, -0.05) is 0 Å². The van der Waals surface area contributed by atoms with Crippen molar-refractivity contribution in [1.82, 2.24) is 0 Å². The van der Waals surface area contributed by atoms with Gasteiger partial charge in [0.15, 0.2) is 0 Å². The van der Waals surface area contributed by atoms with Crippen molar-refractivity contribution in [3.05, 3.63) is 17.0 Å². The van der Waals surface area contributed by atoms with Crippen LogP contribution in [0, 0.1) is 0 Å². The molecule has 3 heteroatoms. The Labute approximate surface area is 57.2 Å². The van der Waals surface area contributed by atoms with Crippen molar-refractivity contribution in [1.29, 1.82) is 0 Å². The lowest BCUT2D eigenvalue weighted by Crippen LogP contribution is -2.03. The highest BCUT2D eigenvalue weighted by molar-refractivity contribution is 7.14. The van der Waals surface area contributed by atoms with E-state index in [1.54, 1.807) is 11.3 Å². The summed E-state index contributed by atoms with van der Waals surface area (Å²) in [6.45, 7) is 0.730. The molecule has 0 aliphatic carbocycles. The van der Waals surface area contributed by atoms with Crippen LogP contribution in [0.1, 0.15) is 5.56 Å². The van der Waals surface area contributed by atoms with Gasteiger partial charge in [0, 0.05) is 11.8 Å². The fraction of sp³-hybridized carbons (Fsp3) is 0.167. The molecule has 46 valence electrons. The van der Waals surface area contributed by atoms with Crippen LogP contribution in [0.15, 0.2) is 16.4 Å². The van der Waals surface area contributed by atoms with Gasteiger partial charge in [0.2, 0.25) is 0 Å². The molecule has 0 radical (unpaired) electrons. The molecular formula is C6H6N2S. The molecule has 0 aromatic carbocycles. The second-order valence-corrected chi connectivity index (χ2v) is 2.77. The van der Waals surface area contributed by atoms with Crippen LogP contribution in [-0.4, -0.2) is 12.9 Å². The third-order valence-corrected chi connectivity index (χ3v) is 2.14. The van der Waals surface area contributed by atoms with E-state index >= 15 is 0 Å². The third-order valence-electron chi connectivity index (χ3n) is 1.26. The van der Waals surface area contributed by atoms with Gasteiger partial charge in [-0.25, -0.2) is 0 Å². The molecule has 2 nitrogen and oxygen atoms in total. The van der Waals surface area contributed by atoms with Crippen LogP contribution >= 0.6 is 11.3 Å². The first kappa shape index (κ1) is 4.99. The summed E-state index contributed by atoms with van der Waals surface area (Å²) in [6, 6.07) is 2.07. The van der Waals surface area contributed by atoms with Crippen LogP contribution in [0.25, 0.3) is 0 Å². The Bertz CT molecular complexity index is 239. The highest BCUT2D eigenvalue weighted by atomic mass is 32.1. The highest BCUT2D eigenvalue weighted by Crippen LogP contribution is 2.22. The van der Waals surface area contributed by atoms with Crippen LogP contribution in [0.3, 0.4) is 0 Å². The van der Waals surface area contributed by atoms with Crippen molar-refractivity contribution < 1.29 is 0 Å². The molecule has 0 unspecified atom stereocenters. The number of thiophene rings is 1. The van der Waals surface area contributed by atoms with Crippen LogP contribution in [0.5, 0.6) is 0 Å². The third kappa shape index (κ3) is 0.733. The molecule has 0 spiro atoms. The van der Waals surface area contributed by atoms with Gasteiger partial charge < -0.3 is 5.32 Å². The minimum absolute atomic E-state index is 0.730. The lowest BCUT2D eigenvalue weighted by Gasteiger charge is -2.04. The molecule has 9 heavy (non-hydrogen) atoms. The van der Waals surface area contributed by atoms with Crippen molar-refractivity contribution in [2.45, 2.75) is 0 Å². The number of hydrogen-bond acceptors (Lipinski definition) is 3. The molecule has 1 aliphatic rings. The molecule has 0 fully saturated rings. The first-order chi connectivity index (χ1) is 4.47. The van der Waals surface area contributed by atoms with Crippen LogP contribution in [0.2, 0.25) is 0 Å². The van der Waals surface area contributed by atoms with Gasteiger partial charge in [0.1, 0.15) is 6.67 Å². The summed E-state index contributed by atoms with van der Waals surface area (Å²) in [5.74, 6) is 0. The van der Waals surface area contributed by atoms with Gasteiger partial charge >= 0.3 is 0 Å². The average Bonchev–Trinajstić information content (AvgIpc) is 2.33. The molecule has 1 aromatic rings. The quantitative estimate of drug-likeness (QED) is 0.578. The topological polar surface area (TPSA) is 24.4 Å². The maximum absolute atomic E-state index is 4.06. The number of fused-ring (bicyclic) bond motifs is 1. The molecule has 0 atom stereocenters. The van der Waals surface area contributed by atoms with Crippen LogP contribution < -0.4 is 5.32 Å². The van der Waals surface area contributed by atoms with Crippen LogP contribution in [0.4, 0.5) is 5.00 Å². The maximum atomic E-state index is 4.06. The summed E-state index contributed by atoms with van der Waals surface area (Å²) >= 11 is 1.72. The zero-order valence-electron chi connectivity index (χ0n) is 4.79. The molecule has 1 aromatic heterocycles. The second-order valence-electron chi connectivity index (χ2n) is 1.85. The molecule has 2 rings (SSSR count). The fourth-order valence-electron chi connectivity index (χ4n) is 0.826. The molecule has 1 aliphatic heterocycles. The molecule has 2 heterocycles. The molecule has 0 saturated carbocycles. The zero-order chi connectivity index (χ0) is 6.10. The zero-order valence-corrected chi connectivity index (χ0v) is 5.61. The van der Waals surface area contributed by atoms with Crippen molar-refractivity contribution in [2.24, 2.45) is 4.99 Å². The predicted molar refractivity (Wildman–Crippen MR) is 40.4 cm³/mol. The van der Waals surface area contributed by atoms with Crippen molar-refractivity contribution in [3.8, 4) is 0 Å². The molecule has 0 bridgehead atoms. The lowest BCUT2D eigenvalue weighted by molar-refractivity contribution is 1.14. The van der Waals surface area contributed by atoms with E-state index in [9.17, 15) is 0 Å². The number of anilines is 1. The van der Waals surface area contributed by atoms with E-state index in [0.717, 1.165) is 6.67 Å². The first-order valence-electron chi connectivity index (χ1n) is 2.78. The van der Waals surface area contributed by atoms with E-state index in [2.05, 4.69) is 21.8 Å². The molecule has 0 amide bonds. The normalized spacial score (nSPS) is 14.7. The molecule has 0 saturated heterocycles. The van der Waals surface area contributed by atoms with Gasteiger partial charge in [0.25, 0.3) is 0 Å². The predicted octanol–water partition coefficient (Wildman–Crippen LogP) is 1.55. The van der Waals surface area contributed by atoms with E-state index in [-0.39, 0.29) is 0 Å². The van der Waals surface area contributed by atoms with Crippen molar-refractivity contribution in [2.75, 3.05) is 12.0 Å². The monoisotopic (exact) mass is 138 g/mol. The average molecular weight is 138 g/mol. The Morgan fingerprint density at radius 2 is 2.67 bits per heavy atom. The summed E-state index contributed by atoms with van der Waals surface area (Å²) in [4.78, 5) is 4.06.